The summed E-state index contributed by atoms with van der Waals surface area (Å²) in [5, 5.41) is 0. The maximum Gasteiger partial charge on any atom is 0.512 e. The monoisotopic (exact) mass is 420 g/mol. The first-order chi connectivity index (χ1) is 15.2. The highest BCUT2D eigenvalue weighted by molar-refractivity contribution is 6.97. The summed E-state index contributed by atoms with van der Waals surface area (Å²) in [6.07, 6.45) is 0. The van der Waals surface area contributed by atoms with Crippen molar-refractivity contribution in [1.82, 2.24) is 0 Å². The topological polar surface area (TPSA) is 13.0 Å². The lowest BCUT2D eigenvalue weighted by molar-refractivity contribution is 1.12. The van der Waals surface area contributed by atoms with Crippen molar-refractivity contribution in [3.05, 3.63) is 109 Å². The molecule has 0 aliphatic carbocycles. The minimum absolute atomic E-state index is 1.21. The Balaban J connectivity index is 1.70. The summed E-state index contributed by atoms with van der Waals surface area (Å²) in [6.45, 7) is 0. The molecule has 0 bridgehead atoms. The molecule has 4 aromatic rings. The lowest BCUT2D eigenvalue weighted by Gasteiger charge is -2.47. The molecule has 0 saturated heterocycles. The zero-order valence-corrected chi connectivity index (χ0v) is 18.7. The molecule has 4 aromatic carbocycles. The highest BCUT2D eigenvalue weighted by Gasteiger charge is 2.66. The second-order valence-electron chi connectivity index (χ2n) is 8.04. The van der Waals surface area contributed by atoms with Gasteiger partial charge >= 0.3 is 8.72 Å². The van der Waals surface area contributed by atoms with Gasteiger partial charge in [0.05, 0.1) is 22.7 Å². The van der Waals surface area contributed by atoms with Gasteiger partial charge in [-0.1, -0.05) is 60.7 Å². The molecule has 0 saturated carbocycles. The Morgan fingerprint density at radius 2 is 0.742 bits per heavy atom. The van der Waals surface area contributed by atoms with Gasteiger partial charge < -0.3 is 18.3 Å². The van der Waals surface area contributed by atoms with Crippen LogP contribution in [-0.2, 0) is 0 Å². The van der Waals surface area contributed by atoms with E-state index in [0.717, 1.165) is 0 Å². The Hall–Kier alpha value is -3.70. The molecule has 1 spiro atoms. The average Bonchev–Trinajstić information content (AvgIpc) is 3.25. The first-order valence-corrected chi connectivity index (χ1v) is 12.4. The van der Waals surface area contributed by atoms with Crippen LogP contribution in [0.25, 0.3) is 0 Å². The summed E-state index contributed by atoms with van der Waals surface area (Å²) in [5.41, 5.74) is 7.46. The average molecular weight is 421 g/mol. The number of benzene rings is 4. The van der Waals surface area contributed by atoms with Crippen LogP contribution in [0.2, 0.25) is 0 Å². The molecule has 4 nitrogen and oxygen atoms in total. The molecule has 0 atom stereocenters. The normalized spacial score (nSPS) is 16.1. The van der Waals surface area contributed by atoms with Crippen LogP contribution < -0.4 is 18.3 Å². The van der Waals surface area contributed by atoms with E-state index in [-0.39, 0.29) is 0 Å². The predicted molar refractivity (Wildman–Crippen MR) is 133 cm³/mol. The summed E-state index contributed by atoms with van der Waals surface area (Å²) in [6, 6.07) is 39.2. The fourth-order valence-corrected chi connectivity index (χ4v) is 10.1. The molecule has 2 heterocycles. The van der Waals surface area contributed by atoms with Gasteiger partial charge in [0.15, 0.2) is 0 Å². The van der Waals surface area contributed by atoms with Gasteiger partial charge in [0.1, 0.15) is 0 Å². The SMILES string of the molecule is CN1c2ccccc2N(c2ccccc2)[Si]12N(C)c1ccccc1N2c1ccccc1. The minimum Gasteiger partial charge on any atom is -0.348 e. The van der Waals surface area contributed by atoms with Crippen molar-refractivity contribution in [1.29, 1.82) is 0 Å². The van der Waals surface area contributed by atoms with Crippen molar-refractivity contribution in [2.24, 2.45) is 0 Å². The Bertz CT molecular complexity index is 1150. The summed E-state index contributed by atoms with van der Waals surface area (Å²) in [5.74, 6) is 0. The van der Waals surface area contributed by atoms with Gasteiger partial charge in [-0.3, -0.25) is 0 Å². The van der Waals surface area contributed by atoms with Crippen molar-refractivity contribution in [2.45, 2.75) is 0 Å². The van der Waals surface area contributed by atoms with E-state index in [1.54, 1.807) is 0 Å². The van der Waals surface area contributed by atoms with Crippen LogP contribution >= 0.6 is 0 Å². The number of hydrogen-bond donors (Lipinski definition) is 0. The molecule has 0 radical (unpaired) electrons. The highest BCUT2D eigenvalue weighted by atomic mass is 28.4. The van der Waals surface area contributed by atoms with Crippen molar-refractivity contribution in [2.75, 3.05) is 32.4 Å². The van der Waals surface area contributed by atoms with Crippen LogP contribution in [0, 0.1) is 0 Å². The van der Waals surface area contributed by atoms with Crippen LogP contribution in [0.5, 0.6) is 0 Å². The lowest BCUT2D eigenvalue weighted by Crippen LogP contribution is -2.76. The van der Waals surface area contributed by atoms with Crippen molar-refractivity contribution >= 4 is 42.8 Å². The fraction of sp³-hybridized carbons (Fsp3) is 0.0769. The number of hydrogen-bond acceptors (Lipinski definition) is 4. The molecule has 152 valence electrons. The first-order valence-electron chi connectivity index (χ1n) is 10.6. The standard InChI is InChI=1S/C26H24N4Si/c1-27-23-17-9-11-19-25(23)29(21-13-5-3-6-14-21)31(27)28(2)24-18-10-12-20-26(24)30(31)22-15-7-4-8-16-22/h3-20H,1-2H3. The zero-order valence-electron chi connectivity index (χ0n) is 17.7. The second kappa shape index (κ2) is 6.65. The maximum absolute atomic E-state index is 2.69. The van der Waals surface area contributed by atoms with Crippen molar-refractivity contribution < 1.29 is 0 Å². The van der Waals surface area contributed by atoms with Gasteiger partial charge in [-0.25, -0.2) is 0 Å². The predicted octanol–water partition coefficient (Wildman–Crippen LogP) is 6.00. The van der Waals surface area contributed by atoms with E-state index in [1.807, 2.05) is 0 Å². The van der Waals surface area contributed by atoms with Crippen LogP contribution in [-0.4, -0.2) is 22.8 Å². The molecule has 6 rings (SSSR count). The Morgan fingerprint density at radius 1 is 0.419 bits per heavy atom. The van der Waals surface area contributed by atoms with Crippen LogP contribution in [0.1, 0.15) is 0 Å². The summed E-state index contributed by atoms with van der Waals surface area (Å²) in [4.78, 5) is 0. The van der Waals surface area contributed by atoms with E-state index in [9.17, 15) is 0 Å². The Labute approximate surface area is 184 Å². The molecular weight excluding hydrogens is 396 g/mol. The quantitative estimate of drug-likeness (QED) is 0.369. The van der Waals surface area contributed by atoms with Crippen LogP contribution in [0.15, 0.2) is 109 Å². The van der Waals surface area contributed by atoms with Crippen molar-refractivity contribution in [3.8, 4) is 0 Å². The van der Waals surface area contributed by atoms with Gasteiger partial charge in [-0.2, -0.15) is 0 Å². The molecule has 0 amide bonds. The largest absolute Gasteiger partial charge is 0.512 e. The van der Waals surface area contributed by atoms with Gasteiger partial charge in [0.25, 0.3) is 0 Å². The van der Waals surface area contributed by atoms with Crippen LogP contribution in [0.4, 0.5) is 34.1 Å². The number of fused-ring (bicyclic) bond motifs is 2. The molecule has 0 aromatic heterocycles. The smallest absolute Gasteiger partial charge is 0.348 e. The number of para-hydroxylation sites is 6. The Kier molecular flexibility index (Phi) is 3.88. The summed E-state index contributed by atoms with van der Waals surface area (Å²) in [7, 11) is 1.82. The number of anilines is 6. The van der Waals surface area contributed by atoms with Gasteiger partial charge in [0, 0.05) is 25.5 Å². The molecule has 31 heavy (non-hydrogen) atoms. The number of rotatable bonds is 2. The van der Waals surface area contributed by atoms with Gasteiger partial charge in [-0.05, 0) is 48.5 Å². The number of nitrogens with zero attached hydrogens (tertiary/aromatic N) is 4. The van der Waals surface area contributed by atoms with Crippen LogP contribution in [0.3, 0.4) is 0 Å². The maximum atomic E-state index is 2.59. The van der Waals surface area contributed by atoms with E-state index >= 15 is 0 Å². The third kappa shape index (κ3) is 2.29. The third-order valence-corrected chi connectivity index (χ3v) is 11.0. The molecule has 2 aliphatic heterocycles. The van der Waals surface area contributed by atoms with Gasteiger partial charge in [-0.15, -0.1) is 0 Å². The summed E-state index contributed by atoms with van der Waals surface area (Å²) < 4.78 is 10.2. The van der Waals surface area contributed by atoms with E-state index in [4.69, 9.17) is 0 Å². The molecule has 5 heteroatoms. The third-order valence-electron chi connectivity index (χ3n) is 6.50. The van der Waals surface area contributed by atoms with E-state index < -0.39 is 8.72 Å². The van der Waals surface area contributed by atoms with Gasteiger partial charge in [0.2, 0.25) is 0 Å². The molecule has 0 unspecified atom stereocenters. The lowest BCUT2D eigenvalue weighted by atomic mass is 10.2. The zero-order chi connectivity index (χ0) is 21.0. The molecule has 2 aliphatic rings. The molecular formula is C26H24N4Si. The first kappa shape index (κ1) is 18.1. The van der Waals surface area contributed by atoms with E-state index in [2.05, 4.69) is 142 Å². The van der Waals surface area contributed by atoms with E-state index in [1.165, 1.54) is 34.1 Å². The Morgan fingerprint density at radius 3 is 1.13 bits per heavy atom. The molecule has 0 fully saturated rings. The van der Waals surface area contributed by atoms with Crippen molar-refractivity contribution in [3.63, 3.8) is 0 Å². The summed E-state index contributed by atoms with van der Waals surface area (Å²) >= 11 is 0. The second-order valence-corrected chi connectivity index (χ2v) is 11.5. The molecule has 0 N–H and O–H groups in total. The highest BCUT2D eigenvalue weighted by Crippen LogP contribution is 2.56. The minimum atomic E-state index is -2.69. The van der Waals surface area contributed by atoms with E-state index in [0.29, 0.717) is 0 Å². The fourth-order valence-electron chi connectivity index (χ4n) is 5.22.